The van der Waals surface area contributed by atoms with Gasteiger partial charge < -0.3 is 67.2 Å². The van der Waals surface area contributed by atoms with Crippen LogP contribution >= 0.6 is 0 Å². The highest BCUT2D eigenvalue weighted by Crippen LogP contribution is 2.41. The van der Waals surface area contributed by atoms with Crippen molar-refractivity contribution in [1.82, 2.24) is 88.4 Å². The Morgan fingerprint density at radius 3 is 1.23 bits per heavy atom. The lowest BCUT2D eigenvalue weighted by atomic mass is 9.95. The Balaban J connectivity index is 0.000000125. The van der Waals surface area contributed by atoms with Crippen LogP contribution in [0.25, 0.3) is 34.4 Å². The topological polar surface area (TPSA) is 403 Å². The molecule has 0 bridgehead atoms. The Morgan fingerprint density at radius 1 is 0.524 bits per heavy atom. The minimum Gasteiger partial charge on any atom is -0.486 e. The molecule has 2 aliphatic carbocycles. The Labute approximate surface area is 581 Å². The van der Waals surface area contributed by atoms with Crippen molar-refractivity contribution in [3.63, 3.8) is 0 Å². The summed E-state index contributed by atoms with van der Waals surface area (Å²) >= 11 is 0. The molecule has 5 aliphatic rings. The van der Waals surface area contributed by atoms with E-state index in [2.05, 4.69) is 93.1 Å². The summed E-state index contributed by atoms with van der Waals surface area (Å²) < 4.78 is 39.4. The van der Waals surface area contributed by atoms with Crippen molar-refractivity contribution in [2.45, 2.75) is 51.4 Å². The summed E-state index contributed by atoms with van der Waals surface area (Å²) in [6.07, 6.45) is 15.3. The van der Waals surface area contributed by atoms with Gasteiger partial charge in [0.05, 0.1) is 24.6 Å². The normalized spacial score (nSPS) is 15.4. The summed E-state index contributed by atoms with van der Waals surface area (Å²) in [5.74, 6) is 2.36. The van der Waals surface area contributed by atoms with Crippen molar-refractivity contribution in [1.29, 1.82) is 0 Å². The number of carbonyl (C=O) groups is 3. The molecule has 2 atom stereocenters. The largest absolute Gasteiger partial charge is 0.486 e. The molecule has 17 rings (SSSR count). The van der Waals surface area contributed by atoms with Crippen LogP contribution in [0.15, 0.2) is 161 Å². The minimum atomic E-state index is -1.03. The summed E-state index contributed by atoms with van der Waals surface area (Å²) in [6.45, 7) is 6.76. The number of nitrogens with one attached hydrogen (secondary N) is 9. The third kappa shape index (κ3) is 13.4. The van der Waals surface area contributed by atoms with E-state index in [4.69, 9.17) is 14.2 Å². The first-order valence-electron chi connectivity index (χ1n) is 32.9. The number of alkyl halides is 1. The average Bonchev–Trinajstić information content (AvgIpc) is 1.65. The molecule has 0 spiro atoms. The zero-order chi connectivity index (χ0) is 70.9. The van der Waals surface area contributed by atoms with Crippen molar-refractivity contribution in [2.24, 2.45) is 5.41 Å². The monoisotopic (exact) mass is 1400 g/mol. The number of anilines is 9. The highest BCUT2D eigenvalue weighted by molar-refractivity contribution is 5.97. The first-order chi connectivity index (χ1) is 50.2. The number of amides is 3. The maximum atomic E-state index is 13.3. The highest BCUT2D eigenvalue weighted by Gasteiger charge is 2.40. The molecular formula is C68H65FN24O10. The summed E-state index contributed by atoms with van der Waals surface area (Å²) in [5, 5.41) is 50.5. The quantitative estimate of drug-likeness (QED) is 0.0576. The van der Waals surface area contributed by atoms with E-state index in [9.17, 15) is 38.3 Å². The number of rotatable bonds is 17. The van der Waals surface area contributed by atoms with Crippen LogP contribution in [-0.4, -0.2) is 166 Å². The number of pyridine rings is 6. The van der Waals surface area contributed by atoms with E-state index in [0.717, 1.165) is 12.8 Å². The number of aliphatic hydroxyl groups excluding tert-OH is 1. The molecule has 524 valence electrons. The number of hydrogen-bond acceptors (Lipinski definition) is 25. The second kappa shape index (κ2) is 27.8. The van der Waals surface area contributed by atoms with Gasteiger partial charge in [0.15, 0.2) is 68.7 Å². The van der Waals surface area contributed by atoms with Crippen LogP contribution < -0.4 is 78.7 Å². The molecule has 15 heterocycles. The Kier molecular flexibility index (Phi) is 17.7. The SMILES string of the molecule is CC(C)(CO)CNC(=O)c1cnc2c3c(c(Nc4cccn(-c5ccccn5)c4=O)nn12)OCCN3.O=C(NC1CC1)c1cnc2c3c(c(Nc4cccn(-c5ccccn5)c4=O)nn12)OCCN3.O=C(N[C@H]1C[C@@H]1F)c1cnc2c3c(c(Nc4cccn(-c5ccccn5)c4=O)nn12)OCCN3. The lowest BCUT2D eigenvalue weighted by Gasteiger charge is -2.23. The van der Waals surface area contributed by atoms with Gasteiger partial charge in [-0.2, -0.15) is 0 Å². The van der Waals surface area contributed by atoms with Gasteiger partial charge in [-0.25, -0.2) is 47.8 Å². The number of ether oxygens (including phenoxy) is 3. The van der Waals surface area contributed by atoms with Gasteiger partial charge in [-0.1, -0.05) is 32.0 Å². The lowest BCUT2D eigenvalue weighted by molar-refractivity contribution is 0.0901. The number of carbonyl (C=O) groups excluding carboxylic acids is 3. The third-order valence-electron chi connectivity index (χ3n) is 16.8. The van der Waals surface area contributed by atoms with Crippen LogP contribution in [0.3, 0.4) is 0 Å². The molecule has 0 unspecified atom stereocenters. The van der Waals surface area contributed by atoms with Crippen molar-refractivity contribution in [2.75, 3.05) is 84.5 Å². The molecule has 35 heteroatoms. The fourth-order valence-corrected chi connectivity index (χ4v) is 11.2. The molecule has 2 saturated carbocycles. The fourth-order valence-electron chi connectivity index (χ4n) is 11.2. The molecule has 0 radical (unpaired) electrons. The molecule has 2 fully saturated rings. The predicted molar refractivity (Wildman–Crippen MR) is 375 cm³/mol. The van der Waals surface area contributed by atoms with E-state index < -0.39 is 29.4 Å². The molecule has 3 aliphatic heterocycles. The molecule has 12 aromatic heterocycles. The second-order valence-electron chi connectivity index (χ2n) is 24.9. The van der Waals surface area contributed by atoms with E-state index in [1.165, 1.54) is 45.8 Å². The molecule has 10 N–H and O–H groups in total. The van der Waals surface area contributed by atoms with E-state index in [0.29, 0.717) is 126 Å². The Morgan fingerprint density at radius 2 is 0.893 bits per heavy atom. The van der Waals surface area contributed by atoms with Crippen LogP contribution in [0.5, 0.6) is 17.2 Å². The minimum absolute atomic E-state index is 0.0748. The van der Waals surface area contributed by atoms with Crippen molar-refractivity contribution < 1.29 is 38.1 Å². The molecule has 34 nitrogen and oxygen atoms in total. The zero-order valence-corrected chi connectivity index (χ0v) is 55.1. The highest BCUT2D eigenvalue weighted by atomic mass is 19.1. The van der Waals surface area contributed by atoms with Crippen molar-refractivity contribution >= 4 is 86.2 Å². The third-order valence-corrected chi connectivity index (χ3v) is 16.8. The number of aromatic nitrogens is 15. The van der Waals surface area contributed by atoms with Gasteiger partial charge in [-0.15, -0.1) is 15.3 Å². The van der Waals surface area contributed by atoms with Gasteiger partial charge in [0, 0.05) is 87.8 Å². The van der Waals surface area contributed by atoms with Crippen LogP contribution in [0, 0.1) is 5.41 Å². The van der Waals surface area contributed by atoms with E-state index in [1.54, 1.807) is 122 Å². The maximum Gasteiger partial charge on any atom is 0.279 e. The lowest BCUT2D eigenvalue weighted by Crippen LogP contribution is -2.36. The Bertz CT molecular complexity index is 5430. The first kappa shape index (κ1) is 65.6. The predicted octanol–water partition coefficient (Wildman–Crippen LogP) is 4.95. The van der Waals surface area contributed by atoms with Gasteiger partial charge in [-0.3, -0.25) is 42.5 Å². The smallest absolute Gasteiger partial charge is 0.279 e. The standard InChI is InChI=1S/C24H26N8O4.C22H19FN8O3.C22H20N8O3/c1-24(2,14-33)13-28-22(34)16-12-27-21-18-19(36-11-9-26-18)20(30-32(16)21)29-15-6-5-10-31(23(15)35)17-7-3-4-8-25-17;23-12-10-14(12)28-21(32)15-11-26-20-17-18(34-9-7-25-17)19(29-31(15)20)27-13-4-3-8-30(22(13)33)16-5-1-2-6-24-16;31-21(26-13-6-7-13)15-12-25-20-17-18(33-11-9-24-17)19(28-30(15)20)27-14-4-3-10-29(22(14)32)16-5-1-2-8-23-16/h3-8,10,12,26,33H,9,11,13-14H2,1-2H3,(H,28,34)(H,29,30);1-6,8,11-12,14,25H,7,9-10H2,(H,27,29)(H,28,32);1-5,8,10,12-13,24H,6-7,9,11H2,(H,26,31)(H,27,28)/t;12-,14-;/m.0./s1. The number of fused-ring (bicyclic) bond motifs is 9. The number of nitrogens with zero attached hydrogens (tertiary/aromatic N) is 15. The number of halogens is 1. The summed E-state index contributed by atoms with van der Waals surface area (Å²) in [7, 11) is 0. The number of aliphatic hydroxyl groups is 1. The Hall–Kier alpha value is -13.3. The van der Waals surface area contributed by atoms with Gasteiger partial charge >= 0.3 is 0 Å². The number of imidazole rings is 3. The van der Waals surface area contributed by atoms with Crippen LogP contribution in [0.1, 0.15) is 64.6 Å². The molecule has 103 heavy (non-hydrogen) atoms. The first-order valence-corrected chi connectivity index (χ1v) is 32.9. The average molecular weight is 1400 g/mol. The van der Waals surface area contributed by atoms with E-state index in [1.807, 2.05) is 19.9 Å². The van der Waals surface area contributed by atoms with Crippen LogP contribution in [0.2, 0.25) is 0 Å². The zero-order valence-electron chi connectivity index (χ0n) is 55.1. The maximum absolute atomic E-state index is 13.3. The van der Waals surface area contributed by atoms with Gasteiger partial charge in [0.25, 0.3) is 34.4 Å². The summed E-state index contributed by atoms with van der Waals surface area (Å²) in [6, 6.07) is 25.7. The van der Waals surface area contributed by atoms with Gasteiger partial charge in [-0.05, 0) is 85.6 Å². The molecule has 0 aromatic carbocycles. The molecule has 3 amide bonds. The molecule has 0 saturated heterocycles. The summed E-state index contributed by atoms with van der Waals surface area (Å²) in [4.78, 5) is 104. The van der Waals surface area contributed by atoms with Crippen LogP contribution in [-0.2, 0) is 0 Å². The molecule has 12 aromatic rings. The van der Waals surface area contributed by atoms with E-state index >= 15 is 0 Å². The van der Waals surface area contributed by atoms with Crippen molar-refractivity contribution in [3.8, 4) is 34.7 Å². The second-order valence-corrected chi connectivity index (χ2v) is 24.9. The van der Waals surface area contributed by atoms with Gasteiger partial charge in [0.2, 0.25) is 0 Å². The fraction of sp³-hybridized carbons (Fsp3) is 0.250. The van der Waals surface area contributed by atoms with Crippen LogP contribution in [0.4, 0.5) is 56.0 Å². The summed E-state index contributed by atoms with van der Waals surface area (Å²) in [5.41, 5.74) is 3.00. The number of hydrogen-bond donors (Lipinski definition) is 10. The van der Waals surface area contributed by atoms with E-state index in [-0.39, 0.29) is 81.9 Å². The van der Waals surface area contributed by atoms with Gasteiger partial charge in [0.1, 0.15) is 77.6 Å². The van der Waals surface area contributed by atoms with Crippen molar-refractivity contribution in [3.05, 3.63) is 195 Å². The molecular weight excluding hydrogens is 1330 g/mol.